The Morgan fingerprint density at radius 3 is 2.84 bits per heavy atom. The van der Waals surface area contributed by atoms with Gasteiger partial charge in [-0.3, -0.25) is 0 Å². The van der Waals surface area contributed by atoms with Crippen molar-refractivity contribution in [1.82, 2.24) is 0 Å². The fourth-order valence-electron chi connectivity index (χ4n) is 3.07. The summed E-state index contributed by atoms with van der Waals surface area (Å²) in [4.78, 5) is 0. The maximum absolute atomic E-state index is 10.6. The summed E-state index contributed by atoms with van der Waals surface area (Å²) in [5.41, 5.74) is 2.37. The van der Waals surface area contributed by atoms with Gasteiger partial charge < -0.3 is 9.84 Å². The van der Waals surface area contributed by atoms with Gasteiger partial charge in [-0.05, 0) is 36.3 Å². The summed E-state index contributed by atoms with van der Waals surface area (Å²) >= 11 is 0. The molecule has 0 amide bonds. The minimum absolute atomic E-state index is 0.212. The molecule has 0 aromatic heterocycles. The van der Waals surface area contributed by atoms with Gasteiger partial charge in [-0.1, -0.05) is 45.0 Å². The van der Waals surface area contributed by atoms with Gasteiger partial charge in [0.25, 0.3) is 0 Å². The molecule has 1 aromatic carbocycles. The van der Waals surface area contributed by atoms with Crippen LogP contribution in [0.25, 0.3) is 0 Å². The highest BCUT2D eigenvalue weighted by molar-refractivity contribution is 5.26. The monoisotopic (exact) mass is 262 g/mol. The second-order valence-electron chi connectivity index (χ2n) is 6.06. The van der Waals surface area contributed by atoms with Crippen LogP contribution in [0.4, 0.5) is 0 Å². The molecule has 2 heteroatoms. The molecule has 1 heterocycles. The van der Waals surface area contributed by atoms with Gasteiger partial charge in [-0.2, -0.15) is 0 Å². The van der Waals surface area contributed by atoms with Gasteiger partial charge in [0.1, 0.15) is 0 Å². The molecule has 1 aliphatic rings. The Hall–Kier alpha value is -0.860. The molecule has 106 valence electrons. The number of hydrogen-bond donors (Lipinski definition) is 1. The molecule has 1 aromatic rings. The maximum atomic E-state index is 10.6. The third-order valence-electron chi connectivity index (χ3n) is 4.01. The van der Waals surface area contributed by atoms with E-state index in [-0.39, 0.29) is 18.1 Å². The molecule has 2 nitrogen and oxygen atoms in total. The van der Waals surface area contributed by atoms with Crippen molar-refractivity contribution in [1.29, 1.82) is 0 Å². The highest BCUT2D eigenvalue weighted by Crippen LogP contribution is 2.35. The van der Waals surface area contributed by atoms with Crippen LogP contribution in [0.3, 0.4) is 0 Å². The molecule has 0 spiro atoms. The van der Waals surface area contributed by atoms with Crippen LogP contribution in [0.5, 0.6) is 0 Å². The van der Waals surface area contributed by atoms with Crippen molar-refractivity contribution in [3.63, 3.8) is 0 Å². The fraction of sp³-hybridized carbons (Fsp3) is 0.647. The molecule has 0 bridgehead atoms. The quantitative estimate of drug-likeness (QED) is 0.876. The van der Waals surface area contributed by atoms with Crippen molar-refractivity contribution in [2.75, 3.05) is 6.61 Å². The van der Waals surface area contributed by atoms with Crippen LogP contribution >= 0.6 is 0 Å². The van der Waals surface area contributed by atoms with Gasteiger partial charge in [0.2, 0.25) is 0 Å². The Bertz CT molecular complexity index is 400. The molecular weight excluding hydrogens is 236 g/mol. The molecule has 0 aliphatic carbocycles. The van der Waals surface area contributed by atoms with Gasteiger partial charge in [-0.25, -0.2) is 0 Å². The lowest BCUT2D eigenvalue weighted by Crippen LogP contribution is -2.22. The minimum atomic E-state index is -0.389. The van der Waals surface area contributed by atoms with Gasteiger partial charge in [-0.15, -0.1) is 0 Å². The van der Waals surface area contributed by atoms with E-state index in [9.17, 15) is 5.11 Å². The third-order valence-corrected chi connectivity index (χ3v) is 4.01. The van der Waals surface area contributed by atoms with Crippen molar-refractivity contribution >= 4 is 0 Å². The summed E-state index contributed by atoms with van der Waals surface area (Å²) in [6.45, 7) is 7.36. The Labute approximate surface area is 116 Å². The first-order valence-electron chi connectivity index (χ1n) is 7.50. The van der Waals surface area contributed by atoms with Crippen LogP contribution in [0, 0.1) is 11.8 Å². The molecule has 1 aliphatic heterocycles. The summed E-state index contributed by atoms with van der Waals surface area (Å²) in [6.07, 6.45) is 2.84. The molecular formula is C17H26O2. The van der Waals surface area contributed by atoms with E-state index in [0.29, 0.717) is 5.92 Å². The minimum Gasteiger partial charge on any atom is -0.388 e. The van der Waals surface area contributed by atoms with E-state index in [2.05, 4.69) is 39.0 Å². The standard InChI is InChI=1S/C17H26O2/c1-4-16-15(8-9-19-16)17(18)14-7-5-6-13(11-14)10-12(2)3/h5-7,11-12,15-18H,4,8-10H2,1-3H3. The van der Waals surface area contributed by atoms with Gasteiger partial charge in [0.15, 0.2) is 0 Å². The molecule has 1 saturated heterocycles. The summed E-state index contributed by atoms with van der Waals surface area (Å²) in [7, 11) is 0. The Balaban J connectivity index is 2.12. The topological polar surface area (TPSA) is 29.5 Å². The lowest BCUT2D eigenvalue weighted by atomic mass is 9.88. The summed E-state index contributed by atoms with van der Waals surface area (Å²) in [5, 5.41) is 10.6. The number of ether oxygens (including phenoxy) is 1. The number of aliphatic hydroxyl groups is 1. The van der Waals surface area contributed by atoms with Gasteiger partial charge in [0.05, 0.1) is 12.2 Å². The van der Waals surface area contributed by atoms with Crippen LogP contribution in [-0.2, 0) is 11.2 Å². The van der Waals surface area contributed by atoms with Crippen LogP contribution in [-0.4, -0.2) is 17.8 Å². The van der Waals surface area contributed by atoms with E-state index >= 15 is 0 Å². The van der Waals surface area contributed by atoms with Crippen molar-refractivity contribution in [2.24, 2.45) is 11.8 Å². The number of benzene rings is 1. The molecule has 2 rings (SSSR count). The maximum Gasteiger partial charge on any atom is 0.0843 e. The highest BCUT2D eigenvalue weighted by Gasteiger charge is 2.33. The largest absolute Gasteiger partial charge is 0.388 e. The second-order valence-corrected chi connectivity index (χ2v) is 6.06. The number of hydrogen-bond acceptors (Lipinski definition) is 2. The second kappa shape index (κ2) is 6.53. The van der Waals surface area contributed by atoms with Crippen molar-refractivity contribution in [2.45, 2.75) is 52.2 Å². The van der Waals surface area contributed by atoms with E-state index in [1.165, 1.54) is 5.56 Å². The van der Waals surface area contributed by atoms with Gasteiger partial charge in [0, 0.05) is 12.5 Å². The average molecular weight is 262 g/mol. The number of rotatable bonds is 5. The van der Waals surface area contributed by atoms with Crippen LogP contribution in [0.2, 0.25) is 0 Å². The van der Waals surface area contributed by atoms with Crippen LogP contribution < -0.4 is 0 Å². The Kier molecular flexibility index (Phi) is 5.00. The van der Waals surface area contributed by atoms with E-state index in [1.807, 2.05) is 6.07 Å². The zero-order chi connectivity index (χ0) is 13.8. The SMILES string of the molecule is CCC1OCCC1C(O)c1cccc(CC(C)C)c1. The predicted molar refractivity (Wildman–Crippen MR) is 78.1 cm³/mol. The molecule has 1 fully saturated rings. The van der Waals surface area contributed by atoms with E-state index in [4.69, 9.17) is 4.74 Å². The molecule has 1 N–H and O–H groups in total. The summed E-state index contributed by atoms with van der Waals surface area (Å²) in [5.74, 6) is 0.893. The highest BCUT2D eigenvalue weighted by atomic mass is 16.5. The zero-order valence-corrected chi connectivity index (χ0v) is 12.3. The molecule has 0 radical (unpaired) electrons. The van der Waals surface area contributed by atoms with E-state index in [0.717, 1.165) is 31.4 Å². The van der Waals surface area contributed by atoms with Crippen LogP contribution in [0.1, 0.15) is 50.8 Å². The number of aliphatic hydroxyl groups excluding tert-OH is 1. The first-order chi connectivity index (χ1) is 9.11. The average Bonchev–Trinajstić information content (AvgIpc) is 2.85. The predicted octanol–water partition coefficient (Wildman–Crippen LogP) is 3.73. The van der Waals surface area contributed by atoms with E-state index in [1.54, 1.807) is 0 Å². The fourth-order valence-corrected chi connectivity index (χ4v) is 3.07. The molecule has 19 heavy (non-hydrogen) atoms. The summed E-state index contributed by atoms with van der Waals surface area (Å²) in [6, 6.07) is 8.42. The first kappa shape index (κ1) is 14.5. The van der Waals surface area contributed by atoms with E-state index < -0.39 is 0 Å². The van der Waals surface area contributed by atoms with Crippen molar-refractivity contribution in [3.8, 4) is 0 Å². The summed E-state index contributed by atoms with van der Waals surface area (Å²) < 4.78 is 5.69. The third kappa shape index (κ3) is 3.58. The lowest BCUT2D eigenvalue weighted by Gasteiger charge is -2.23. The van der Waals surface area contributed by atoms with Gasteiger partial charge >= 0.3 is 0 Å². The molecule has 3 atom stereocenters. The van der Waals surface area contributed by atoms with Crippen LogP contribution in [0.15, 0.2) is 24.3 Å². The lowest BCUT2D eigenvalue weighted by molar-refractivity contribution is 0.0307. The Morgan fingerprint density at radius 2 is 2.16 bits per heavy atom. The Morgan fingerprint density at radius 1 is 1.37 bits per heavy atom. The normalized spacial score (nSPS) is 24.9. The first-order valence-corrected chi connectivity index (χ1v) is 7.50. The zero-order valence-electron chi connectivity index (χ0n) is 12.3. The smallest absolute Gasteiger partial charge is 0.0843 e. The molecule has 0 saturated carbocycles. The molecule has 3 unspecified atom stereocenters. The van der Waals surface area contributed by atoms with Crippen molar-refractivity contribution in [3.05, 3.63) is 35.4 Å². The van der Waals surface area contributed by atoms with Crippen molar-refractivity contribution < 1.29 is 9.84 Å².